The largest absolute Gasteiger partial charge is 0.497 e. The number of benzene rings is 1. The second-order valence-electron chi connectivity index (χ2n) is 4.24. The average molecular weight is 273 g/mol. The lowest BCUT2D eigenvalue weighted by Crippen LogP contribution is -2.16. The molecule has 2 aromatic rings. The van der Waals surface area contributed by atoms with E-state index in [0.29, 0.717) is 22.8 Å². The maximum absolute atomic E-state index is 11.9. The summed E-state index contributed by atoms with van der Waals surface area (Å²) in [7, 11) is 3.11. The molecule has 2 rings (SSSR count). The number of hydrogen-bond donors (Lipinski definition) is 1. The fourth-order valence-electron chi connectivity index (χ4n) is 1.93. The van der Waals surface area contributed by atoms with Crippen molar-refractivity contribution in [2.24, 2.45) is 0 Å². The molecule has 0 bridgehead atoms. The number of carbonyl (C=O) groups excluding carboxylic acids is 1. The van der Waals surface area contributed by atoms with Crippen LogP contribution in [-0.2, 0) is 0 Å². The van der Waals surface area contributed by atoms with Gasteiger partial charge in [-0.3, -0.25) is 9.59 Å². The van der Waals surface area contributed by atoms with E-state index in [0.717, 1.165) is 0 Å². The lowest BCUT2D eigenvalue weighted by atomic mass is 10.1. The third kappa shape index (κ3) is 2.56. The molecule has 1 N–H and O–H groups in total. The van der Waals surface area contributed by atoms with Crippen molar-refractivity contribution in [3.8, 4) is 22.8 Å². The Hall–Kier alpha value is -2.56. The Morgan fingerprint density at radius 1 is 1.10 bits per heavy atom. The maximum atomic E-state index is 11.9. The SMILES string of the molecule is COc1ccc(OC)c(-c2ccc(C(C)=O)c(=O)[nH]2)c1. The number of ether oxygens (including phenoxy) is 2. The lowest BCUT2D eigenvalue weighted by molar-refractivity contribution is 0.101. The number of rotatable bonds is 4. The van der Waals surface area contributed by atoms with Gasteiger partial charge in [-0.1, -0.05) is 0 Å². The standard InChI is InChI=1S/C15H15NO4/c1-9(17)11-5-6-13(16-15(11)18)12-8-10(19-2)4-7-14(12)20-3/h4-8H,1-3H3,(H,16,18). The molecule has 0 fully saturated rings. The van der Waals surface area contributed by atoms with Gasteiger partial charge in [0.25, 0.3) is 5.56 Å². The molecule has 20 heavy (non-hydrogen) atoms. The predicted octanol–water partition coefficient (Wildman–Crippen LogP) is 2.26. The number of nitrogens with one attached hydrogen (secondary N) is 1. The van der Waals surface area contributed by atoms with Crippen LogP contribution in [0.25, 0.3) is 11.3 Å². The van der Waals surface area contributed by atoms with E-state index in [-0.39, 0.29) is 11.3 Å². The fourth-order valence-corrected chi connectivity index (χ4v) is 1.93. The zero-order valence-electron chi connectivity index (χ0n) is 11.5. The van der Waals surface area contributed by atoms with Crippen molar-refractivity contribution >= 4 is 5.78 Å². The molecule has 0 amide bonds. The van der Waals surface area contributed by atoms with Gasteiger partial charge < -0.3 is 14.5 Å². The molecule has 1 aromatic heterocycles. The van der Waals surface area contributed by atoms with E-state index in [4.69, 9.17) is 9.47 Å². The molecule has 5 heteroatoms. The van der Waals surface area contributed by atoms with E-state index in [1.807, 2.05) is 0 Å². The van der Waals surface area contributed by atoms with Crippen LogP contribution in [0, 0.1) is 0 Å². The lowest BCUT2D eigenvalue weighted by Gasteiger charge is -2.10. The molecule has 0 aliphatic carbocycles. The summed E-state index contributed by atoms with van der Waals surface area (Å²) in [6.45, 7) is 1.36. The molecular weight excluding hydrogens is 258 g/mol. The molecule has 0 spiro atoms. The minimum absolute atomic E-state index is 0.135. The van der Waals surface area contributed by atoms with Crippen LogP contribution in [0.5, 0.6) is 11.5 Å². The number of carbonyl (C=O) groups is 1. The van der Waals surface area contributed by atoms with E-state index in [1.165, 1.54) is 13.0 Å². The molecule has 1 aromatic carbocycles. The van der Waals surface area contributed by atoms with Crippen LogP contribution in [0.4, 0.5) is 0 Å². The molecule has 0 saturated carbocycles. The van der Waals surface area contributed by atoms with Gasteiger partial charge in [0.15, 0.2) is 5.78 Å². The summed E-state index contributed by atoms with van der Waals surface area (Å²) in [5.74, 6) is 0.990. The number of aromatic nitrogens is 1. The highest BCUT2D eigenvalue weighted by Gasteiger charge is 2.11. The van der Waals surface area contributed by atoms with E-state index in [2.05, 4.69) is 4.98 Å². The van der Waals surface area contributed by atoms with Crippen molar-refractivity contribution in [3.05, 3.63) is 46.2 Å². The van der Waals surface area contributed by atoms with Gasteiger partial charge in [0.2, 0.25) is 0 Å². The van der Waals surface area contributed by atoms with E-state index in [9.17, 15) is 9.59 Å². The predicted molar refractivity (Wildman–Crippen MR) is 75.6 cm³/mol. The minimum atomic E-state index is -0.417. The second kappa shape index (κ2) is 5.61. The topological polar surface area (TPSA) is 68.4 Å². The molecule has 0 atom stereocenters. The third-order valence-corrected chi connectivity index (χ3v) is 2.99. The number of Topliss-reactive ketones (excluding diaryl/α,β-unsaturated/α-hetero) is 1. The van der Waals surface area contributed by atoms with Gasteiger partial charge in [0.1, 0.15) is 11.5 Å². The monoisotopic (exact) mass is 273 g/mol. The van der Waals surface area contributed by atoms with Gasteiger partial charge in [-0.2, -0.15) is 0 Å². The molecule has 5 nitrogen and oxygen atoms in total. The number of pyridine rings is 1. The number of ketones is 1. The summed E-state index contributed by atoms with van der Waals surface area (Å²) in [5, 5.41) is 0. The first-order valence-corrected chi connectivity index (χ1v) is 6.03. The van der Waals surface area contributed by atoms with E-state index < -0.39 is 5.56 Å². The van der Waals surface area contributed by atoms with Crippen molar-refractivity contribution < 1.29 is 14.3 Å². The van der Waals surface area contributed by atoms with Gasteiger partial charge in [-0.05, 0) is 37.3 Å². The quantitative estimate of drug-likeness (QED) is 0.868. The van der Waals surface area contributed by atoms with Gasteiger partial charge >= 0.3 is 0 Å². The zero-order chi connectivity index (χ0) is 14.7. The number of H-pyrrole nitrogens is 1. The van der Waals surface area contributed by atoms with E-state index >= 15 is 0 Å². The average Bonchev–Trinajstić information content (AvgIpc) is 2.46. The number of methoxy groups -OCH3 is 2. The Balaban J connectivity index is 2.59. The highest BCUT2D eigenvalue weighted by atomic mass is 16.5. The molecule has 1 heterocycles. The fraction of sp³-hybridized carbons (Fsp3) is 0.200. The van der Waals surface area contributed by atoms with E-state index in [1.54, 1.807) is 38.5 Å². The second-order valence-corrected chi connectivity index (χ2v) is 4.24. The van der Waals surface area contributed by atoms with Crippen molar-refractivity contribution in [3.63, 3.8) is 0 Å². The highest BCUT2D eigenvalue weighted by Crippen LogP contribution is 2.31. The highest BCUT2D eigenvalue weighted by molar-refractivity contribution is 5.93. The summed E-state index contributed by atoms with van der Waals surface area (Å²) in [6.07, 6.45) is 0. The molecule has 0 aliphatic heterocycles. The van der Waals surface area contributed by atoms with Crippen LogP contribution < -0.4 is 15.0 Å². The van der Waals surface area contributed by atoms with Gasteiger partial charge in [-0.25, -0.2) is 0 Å². The smallest absolute Gasteiger partial charge is 0.259 e. The molecule has 0 unspecified atom stereocenters. The first-order chi connectivity index (χ1) is 9.56. The van der Waals surface area contributed by atoms with Crippen molar-refractivity contribution in [1.29, 1.82) is 0 Å². The van der Waals surface area contributed by atoms with Crippen LogP contribution in [0.2, 0.25) is 0 Å². The Bertz CT molecular complexity index is 703. The minimum Gasteiger partial charge on any atom is -0.497 e. The maximum Gasteiger partial charge on any atom is 0.259 e. The van der Waals surface area contributed by atoms with Crippen LogP contribution in [0.3, 0.4) is 0 Å². The number of hydrogen-bond acceptors (Lipinski definition) is 4. The normalized spacial score (nSPS) is 10.2. The third-order valence-electron chi connectivity index (χ3n) is 2.99. The van der Waals surface area contributed by atoms with Crippen molar-refractivity contribution in [2.75, 3.05) is 14.2 Å². The Labute approximate surface area is 116 Å². The molecule has 0 aliphatic rings. The van der Waals surface area contributed by atoms with Crippen LogP contribution in [-0.4, -0.2) is 25.0 Å². The van der Waals surface area contributed by atoms with Gasteiger partial charge in [-0.15, -0.1) is 0 Å². The number of aromatic amines is 1. The summed E-state index contributed by atoms with van der Waals surface area (Å²) < 4.78 is 10.4. The first-order valence-electron chi connectivity index (χ1n) is 6.03. The Kier molecular flexibility index (Phi) is 3.89. The van der Waals surface area contributed by atoms with Crippen LogP contribution in [0.1, 0.15) is 17.3 Å². The summed E-state index contributed by atoms with van der Waals surface area (Å²) in [5.41, 5.74) is 0.977. The zero-order valence-corrected chi connectivity index (χ0v) is 11.5. The van der Waals surface area contributed by atoms with Crippen molar-refractivity contribution in [2.45, 2.75) is 6.92 Å². The van der Waals surface area contributed by atoms with Gasteiger partial charge in [0.05, 0.1) is 25.5 Å². The Morgan fingerprint density at radius 3 is 2.40 bits per heavy atom. The molecular formula is C15H15NO4. The molecule has 104 valence electrons. The van der Waals surface area contributed by atoms with Crippen LogP contribution >= 0.6 is 0 Å². The summed E-state index contributed by atoms with van der Waals surface area (Å²) >= 11 is 0. The van der Waals surface area contributed by atoms with Crippen molar-refractivity contribution in [1.82, 2.24) is 4.98 Å². The first kappa shape index (κ1) is 13.9. The van der Waals surface area contributed by atoms with Crippen LogP contribution in [0.15, 0.2) is 35.1 Å². The van der Waals surface area contributed by atoms with Gasteiger partial charge in [0, 0.05) is 5.56 Å². The summed E-state index contributed by atoms with van der Waals surface area (Å²) in [6, 6.07) is 8.47. The Morgan fingerprint density at radius 2 is 1.85 bits per heavy atom. The summed E-state index contributed by atoms with van der Waals surface area (Å²) in [4.78, 5) is 25.8. The molecule has 0 radical (unpaired) electrons. The molecule has 0 saturated heterocycles.